The highest BCUT2D eigenvalue weighted by Gasteiger charge is 2.50. The molecule has 3 aromatic rings. The predicted molar refractivity (Wildman–Crippen MR) is 146 cm³/mol. The summed E-state index contributed by atoms with van der Waals surface area (Å²) in [6.07, 6.45) is 0.229. The van der Waals surface area contributed by atoms with Gasteiger partial charge < -0.3 is 24.6 Å². The SMILES string of the molecule is COc1ccc(F)cc1[C@H](CN1c2sc(-n3nccn3)c(C)c2C(=O)N(C(C)(C)C(=O)O)C1O)OCC(C)(C)C#N. The van der Waals surface area contributed by atoms with Crippen LogP contribution in [0.2, 0.25) is 0 Å². The van der Waals surface area contributed by atoms with Crippen molar-refractivity contribution in [3.63, 3.8) is 0 Å². The molecule has 41 heavy (non-hydrogen) atoms. The van der Waals surface area contributed by atoms with E-state index in [1.807, 2.05) is 0 Å². The zero-order chi connectivity index (χ0) is 30.3. The van der Waals surface area contributed by atoms with Gasteiger partial charge in [-0.15, -0.1) is 4.80 Å². The second-order valence-electron chi connectivity index (χ2n) is 10.8. The van der Waals surface area contributed by atoms with Gasteiger partial charge in [0.05, 0.1) is 49.7 Å². The Morgan fingerprint density at radius 2 is 1.90 bits per heavy atom. The second kappa shape index (κ2) is 11.1. The van der Waals surface area contributed by atoms with Crippen LogP contribution in [-0.2, 0) is 9.53 Å². The minimum absolute atomic E-state index is 0.0557. The maximum Gasteiger partial charge on any atom is 0.329 e. The van der Waals surface area contributed by atoms with Crippen molar-refractivity contribution >= 4 is 28.2 Å². The van der Waals surface area contributed by atoms with Crippen LogP contribution in [0.15, 0.2) is 30.6 Å². The Balaban J connectivity index is 1.89. The number of carboxylic acids is 1. The first-order valence-electron chi connectivity index (χ1n) is 12.6. The van der Waals surface area contributed by atoms with Gasteiger partial charge in [-0.05, 0) is 52.8 Å². The average molecular weight is 587 g/mol. The Hall–Kier alpha value is -4.06. The number of aliphatic hydroxyl groups is 1. The van der Waals surface area contributed by atoms with Crippen LogP contribution in [0.5, 0.6) is 5.75 Å². The van der Waals surface area contributed by atoms with Gasteiger partial charge in [-0.25, -0.2) is 9.18 Å². The van der Waals surface area contributed by atoms with Gasteiger partial charge in [-0.1, -0.05) is 11.3 Å². The number of carbonyl (C=O) groups is 2. The molecule has 0 spiro atoms. The third-order valence-corrected chi connectivity index (χ3v) is 8.18. The smallest absolute Gasteiger partial charge is 0.329 e. The summed E-state index contributed by atoms with van der Waals surface area (Å²) in [4.78, 5) is 29.7. The maximum atomic E-state index is 14.5. The number of aliphatic hydroxyl groups excluding tert-OH is 1. The summed E-state index contributed by atoms with van der Waals surface area (Å²) in [6, 6.07) is 6.07. The highest BCUT2D eigenvalue weighted by atomic mass is 32.1. The lowest BCUT2D eigenvalue weighted by Crippen LogP contribution is -2.65. The summed E-state index contributed by atoms with van der Waals surface area (Å²) in [6.45, 7) is 7.46. The van der Waals surface area contributed by atoms with Gasteiger partial charge in [0, 0.05) is 11.1 Å². The molecule has 1 aliphatic heterocycles. The number of aromatic nitrogens is 3. The van der Waals surface area contributed by atoms with E-state index in [9.17, 15) is 29.5 Å². The lowest BCUT2D eigenvalue weighted by atomic mass is 9.97. The molecule has 0 fully saturated rings. The van der Waals surface area contributed by atoms with Crippen molar-refractivity contribution in [3.8, 4) is 16.8 Å². The van der Waals surface area contributed by atoms with E-state index >= 15 is 0 Å². The standard InChI is InChI=1S/C27H31FN6O6S/c1-15-20-21(35)33(27(4,5)24(36)37)25(38)32(23(20)41-22(15)34-30-9-10-31-34)12-19(40-14-26(2,3)13-29)17-11-16(28)7-8-18(17)39-6/h7-11,19,25,38H,12,14H2,1-6H3,(H,36,37)/t19-,25?/m0/s1. The Labute approximate surface area is 240 Å². The molecule has 1 amide bonds. The van der Waals surface area contributed by atoms with Crippen LogP contribution in [0.25, 0.3) is 5.00 Å². The minimum Gasteiger partial charge on any atom is -0.496 e. The van der Waals surface area contributed by atoms with Crippen LogP contribution in [0.4, 0.5) is 9.39 Å². The van der Waals surface area contributed by atoms with Crippen molar-refractivity contribution in [2.45, 2.75) is 52.6 Å². The minimum atomic E-state index is -1.82. The summed E-state index contributed by atoms with van der Waals surface area (Å²) in [5, 5.41) is 40.3. The van der Waals surface area contributed by atoms with E-state index < -0.39 is 41.1 Å². The largest absolute Gasteiger partial charge is 0.496 e. The zero-order valence-corrected chi connectivity index (χ0v) is 24.3. The number of methoxy groups -OCH3 is 1. The van der Waals surface area contributed by atoms with Crippen LogP contribution in [0.1, 0.15) is 55.3 Å². The summed E-state index contributed by atoms with van der Waals surface area (Å²) in [5.41, 5.74) is -1.76. The monoisotopic (exact) mass is 586 g/mol. The molecule has 1 unspecified atom stereocenters. The van der Waals surface area contributed by atoms with Crippen molar-refractivity contribution < 1.29 is 33.7 Å². The summed E-state index contributed by atoms with van der Waals surface area (Å²) in [7, 11) is 1.42. The number of nitriles is 1. The van der Waals surface area contributed by atoms with Crippen molar-refractivity contribution in [1.82, 2.24) is 19.9 Å². The number of carboxylic acid groups (broad SMARTS) is 1. The Bertz CT molecular complexity index is 1500. The molecular weight excluding hydrogens is 555 g/mol. The van der Waals surface area contributed by atoms with Gasteiger partial charge in [0.25, 0.3) is 5.91 Å². The molecule has 14 heteroatoms. The Morgan fingerprint density at radius 1 is 1.24 bits per heavy atom. The van der Waals surface area contributed by atoms with E-state index in [4.69, 9.17) is 9.47 Å². The third-order valence-electron chi connectivity index (χ3n) is 6.88. The third kappa shape index (κ3) is 5.48. The number of rotatable bonds is 10. The highest BCUT2D eigenvalue weighted by molar-refractivity contribution is 7.19. The molecule has 1 aromatic carbocycles. The molecule has 0 radical (unpaired) electrons. The van der Waals surface area contributed by atoms with Gasteiger partial charge in [0.2, 0.25) is 6.35 Å². The van der Waals surface area contributed by atoms with E-state index in [0.717, 1.165) is 16.2 Å². The molecule has 0 bridgehead atoms. The first-order chi connectivity index (χ1) is 19.2. The number of thiophene rings is 1. The highest BCUT2D eigenvalue weighted by Crippen LogP contribution is 2.45. The number of hydrogen-bond acceptors (Lipinski definition) is 10. The first-order valence-corrected chi connectivity index (χ1v) is 13.4. The quantitative estimate of drug-likeness (QED) is 0.361. The second-order valence-corrected chi connectivity index (χ2v) is 11.7. The number of aliphatic carboxylic acids is 1. The lowest BCUT2D eigenvalue weighted by Gasteiger charge is -2.47. The van der Waals surface area contributed by atoms with E-state index in [0.29, 0.717) is 26.9 Å². The maximum absolute atomic E-state index is 14.5. The summed E-state index contributed by atoms with van der Waals surface area (Å²) in [5.74, 6) is -2.27. The fourth-order valence-electron chi connectivity index (χ4n) is 4.46. The van der Waals surface area contributed by atoms with Crippen LogP contribution in [0.3, 0.4) is 0 Å². The first kappa shape index (κ1) is 29.9. The topological polar surface area (TPSA) is 154 Å². The van der Waals surface area contributed by atoms with Gasteiger partial charge in [-0.2, -0.15) is 15.5 Å². The van der Waals surface area contributed by atoms with Crippen molar-refractivity contribution in [3.05, 3.63) is 53.1 Å². The van der Waals surface area contributed by atoms with Crippen LogP contribution in [-0.4, -0.2) is 74.1 Å². The van der Waals surface area contributed by atoms with E-state index in [-0.39, 0.29) is 18.7 Å². The van der Waals surface area contributed by atoms with Crippen LogP contribution in [0, 0.1) is 29.5 Å². The van der Waals surface area contributed by atoms with Crippen molar-refractivity contribution in [2.24, 2.45) is 5.41 Å². The van der Waals surface area contributed by atoms with E-state index in [2.05, 4.69) is 16.3 Å². The fraction of sp³-hybridized carbons (Fsp3) is 0.444. The molecule has 1 aliphatic rings. The number of halogens is 1. The van der Waals surface area contributed by atoms with Gasteiger partial charge in [-0.3, -0.25) is 9.69 Å². The number of amides is 1. The van der Waals surface area contributed by atoms with Crippen molar-refractivity contribution in [2.75, 3.05) is 25.2 Å². The lowest BCUT2D eigenvalue weighted by molar-refractivity contribution is -0.154. The average Bonchev–Trinajstić information content (AvgIpc) is 3.56. The van der Waals surface area contributed by atoms with Crippen LogP contribution < -0.4 is 9.64 Å². The molecule has 3 heterocycles. The van der Waals surface area contributed by atoms with Gasteiger partial charge in [0.1, 0.15) is 33.2 Å². The Morgan fingerprint density at radius 3 is 2.49 bits per heavy atom. The number of anilines is 1. The summed E-state index contributed by atoms with van der Waals surface area (Å²) < 4.78 is 26.1. The van der Waals surface area contributed by atoms with Gasteiger partial charge in [0.15, 0.2) is 0 Å². The number of benzene rings is 1. The summed E-state index contributed by atoms with van der Waals surface area (Å²) >= 11 is 1.13. The molecule has 4 rings (SSSR count). The van der Waals surface area contributed by atoms with Crippen LogP contribution >= 0.6 is 11.3 Å². The molecule has 0 aliphatic carbocycles. The number of carbonyl (C=O) groups excluding carboxylic acids is 1. The zero-order valence-electron chi connectivity index (χ0n) is 23.5. The van der Waals surface area contributed by atoms with Gasteiger partial charge >= 0.3 is 5.97 Å². The molecule has 2 atom stereocenters. The molecule has 218 valence electrons. The van der Waals surface area contributed by atoms with E-state index in [1.54, 1.807) is 20.8 Å². The predicted octanol–water partition coefficient (Wildman–Crippen LogP) is 3.49. The molecular formula is C27H31FN6O6S. The van der Waals surface area contributed by atoms with E-state index in [1.165, 1.54) is 61.2 Å². The number of fused-ring (bicyclic) bond motifs is 1. The number of nitrogens with zero attached hydrogens (tertiary/aromatic N) is 6. The molecule has 12 nitrogen and oxygen atoms in total. The normalized spacial score (nSPS) is 16.4. The number of ether oxygens (including phenoxy) is 2. The fourth-order valence-corrected chi connectivity index (χ4v) is 5.70. The Kier molecular flexibility index (Phi) is 8.08. The van der Waals surface area contributed by atoms with Crippen molar-refractivity contribution in [1.29, 1.82) is 5.26 Å². The molecule has 0 saturated heterocycles. The molecule has 0 saturated carbocycles. The number of hydrogen-bond donors (Lipinski definition) is 2. The molecule has 2 N–H and O–H groups in total. The molecule has 2 aromatic heterocycles.